The Labute approximate surface area is 132 Å². The van der Waals surface area contributed by atoms with Crippen molar-refractivity contribution in [1.29, 1.82) is 0 Å². The molecule has 0 radical (unpaired) electrons. The van der Waals surface area contributed by atoms with Crippen molar-refractivity contribution in [3.8, 4) is 0 Å². The number of nitrogens with one attached hydrogen (secondary N) is 2. The van der Waals surface area contributed by atoms with Crippen LogP contribution < -0.4 is 10.6 Å². The number of rotatable bonds is 8. The molecule has 1 aromatic heterocycles. The highest BCUT2D eigenvalue weighted by Crippen LogP contribution is 2.40. The Balaban J connectivity index is 2.12. The lowest BCUT2D eigenvalue weighted by Gasteiger charge is -2.28. The third kappa shape index (κ3) is 4.02. The largest absolute Gasteiger partial charge is 0.370 e. The lowest BCUT2D eigenvalue weighted by Crippen LogP contribution is -2.30. The third-order valence-electron chi connectivity index (χ3n) is 4.32. The molecule has 0 amide bonds. The predicted octanol–water partition coefficient (Wildman–Crippen LogP) is 3.95. The van der Waals surface area contributed by atoms with E-state index in [-0.39, 0.29) is 0 Å². The zero-order chi connectivity index (χ0) is 15.1. The van der Waals surface area contributed by atoms with Crippen LogP contribution in [0.15, 0.2) is 6.33 Å². The van der Waals surface area contributed by atoms with Gasteiger partial charge < -0.3 is 10.6 Å². The second-order valence-electron chi connectivity index (χ2n) is 5.78. The van der Waals surface area contributed by atoms with E-state index in [1.165, 1.54) is 31.2 Å². The number of hydrogen-bond donors (Lipinski definition) is 2. The minimum atomic E-state index is 0.396. The van der Waals surface area contributed by atoms with Gasteiger partial charge in [0.1, 0.15) is 18.0 Å². The molecule has 1 aliphatic rings. The zero-order valence-corrected chi connectivity index (χ0v) is 14.4. The molecule has 118 valence electrons. The van der Waals surface area contributed by atoms with E-state index in [9.17, 15) is 0 Å². The van der Waals surface area contributed by atoms with Crippen LogP contribution in [0.4, 0.5) is 11.6 Å². The van der Waals surface area contributed by atoms with Crippen LogP contribution in [0, 0.1) is 0 Å². The molecule has 0 aliphatic heterocycles. The van der Waals surface area contributed by atoms with Crippen molar-refractivity contribution in [2.45, 2.75) is 57.1 Å². The summed E-state index contributed by atoms with van der Waals surface area (Å²) in [4.78, 5) is 8.89. The predicted molar refractivity (Wildman–Crippen MR) is 93.4 cm³/mol. The maximum Gasteiger partial charge on any atom is 0.134 e. The average molecular weight is 308 g/mol. The van der Waals surface area contributed by atoms with Gasteiger partial charge in [-0.25, -0.2) is 9.97 Å². The van der Waals surface area contributed by atoms with E-state index >= 15 is 0 Å². The Morgan fingerprint density at radius 2 is 1.81 bits per heavy atom. The molecule has 21 heavy (non-hydrogen) atoms. The summed E-state index contributed by atoms with van der Waals surface area (Å²) in [5, 5.41) is 6.98. The van der Waals surface area contributed by atoms with Gasteiger partial charge >= 0.3 is 0 Å². The van der Waals surface area contributed by atoms with Crippen LogP contribution in [-0.2, 0) is 6.42 Å². The van der Waals surface area contributed by atoms with E-state index in [0.29, 0.717) is 4.75 Å². The van der Waals surface area contributed by atoms with Gasteiger partial charge in [-0.2, -0.15) is 11.8 Å². The number of thioether (sulfide) groups is 1. The summed E-state index contributed by atoms with van der Waals surface area (Å²) >= 11 is 2.01. The van der Waals surface area contributed by atoms with Crippen molar-refractivity contribution in [2.24, 2.45) is 0 Å². The van der Waals surface area contributed by atoms with E-state index in [1.807, 2.05) is 11.8 Å². The van der Waals surface area contributed by atoms with Crippen molar-refractivity contribution < 1.29 is 0 Å². The quantitative estimate of drug-likeness (QED) is 0.761. The van der Waals surface area contributed by atoms with Crippen molar-refractivity contribution in [3.63, 3.8) is 0 Å². The van der Waals surface area contributed by atoms with E-state index in [4.69, 9.17) is 0 Å². The van der Waals surface area contributed by atoms with Crippen molar-refractivity contribution in [1.82, 2.24) is 9.97 Å². The molecule has 5 heteroatoms. The summed E-state index contributed by atoms with van der Waals surface area (Å²) in [5.74, 6) is 2.00. The summed E-state index contributed by atoms with van der Waals surface area (Å²) in [6.07, 6.45) is 11.4. The molecule has 1 aliphatic carbocycles. The van der Waals surface area contributed by atoms with E-state index in [1.54, 1.807) is 6.33 Å². The zero-order valence-electron chi connectivity index (χ0n) is 13.5. The molecule has 0 aromatic carbocycles. The monoisotopic (exact) mass is 308 g/mol. The lowest BCUT2D eigenvalue weighted by atomic mass is 10.1. The van der Waals surface area contributed by atoms with Crippen LogP contribution >= 0.6 is 11.8 Å². The number of aromatic nitrogens is 2. The third-order valence-corrected chi connectivity index (χ3v) is 5.73. The average Bonchev–Trinajstić information content (AvgIpc) is 2.97. The molecule has 0 bridgehead atoms. The molecule has 1 aromatic rings. The van der Waals surface area contributed by atoms with Crippen LogP contribution in [0.5, 0.6) is 0 Å². The van der Waals surface area contributed by atoms with E-state index < -0.39 is 0 Å². The minimum Gasteiger partial charge on any atom is -0.370 e. The van der Waals surface area contributed by atoms with Gasteiger partial charge in [0.05, 0.1) is 0 Å². The Hall–Kier alpha value is -0.970. The molecule has 0 atom stereocenters. The van der Waals surface area contributed by atoms with Gasteiger partial charge in [-0.05, 0) is 32.4 Å². The molecule has 0 unspecified atom stereocenters. The van der Waals surface area contributed by atoms with Gasteiger partial charge in [-0.3, -0.25) is 0 Å². The molecule has 1 saturated carbocycles. The Kier molecular flexibility index (Phi) is 6.15. The van der Waals surface area contributed by atoms with E-state index in [2.05, 4.69) is 40.7 Å². The Morgan fingerprint density at radius 3 is 2.38 bits per heavy atom. The normalized spacial score (nSPS) is 16.9. The summed E-state index contributed by atoms with van der Waals surface area (Å²) in [7, 11) is 0. The first-order valence-corrected chi connectivity index (χ1v) is 9.34. The second-order valence-corrected chi connectivity index (χ2v) is 7.05. The van der Waals surface area contributed by atoms with Crippen LogP contribution in [0.2, 0.25) is 0 Å². The van der Waals surface area contributed by atoms with Gasteiger partial charge in [0.15, 0.2) is 0 Å². The molecular weight excluding hydrogens is 280 g/mol. The molecular formula is C16H28N4S. The smallest absolute Gasteiger partial charge is 0.134 e. The van der Waals surface area contributed by atoms with Gasteiger partial charge in [0, 0.05) is 23.4 Å². The first-order chi connectivity index (χ1) is 10.2. The molecule has 2 rings (SSSR count). The van der Waals surface area contributed by atoms with E-state index in [0.717, 1.165) is 37.6 Å². The van der Waals surface area contributed by atoms with Crippen LogP contribution in [0.3, 0.4) is 0 Å². The Morgan fingerprint density at radius 1 is 1.14 bits per heavy atom. The molecule has 1 fully saturated rings. The molecule has 4 nitrogen and oxygen atoms in total. The molecule has 2 N–H and O–H groups in total. The highest BCUT2D eigenvalue weighted by Gasteiger charge is 2.33. The molecule has 0 spiro atoms. The maximum atomic E-state index is 4.50. The van der Waals surface area contributed by atoms with Crippen LogP contribution in [0.1, 0.15) is 51.5 Å². The first kappa shape index (κ1) is 16.4. The standard InChI is InChI=1S/C16H28N4S/c1-4-8-13-14(17-5-2)19-12-20-15(13)18-11-16(21-3)9-6-7-10-16/h12H,4-11H2,1-3H3,(H2,17,18,19,20). The minimum absolute atomic E-state index is 0.396. The lowest BCUT2D eigenvalue weighted by molar-refractivity contribution is 0.638. The van der Waals surface area contributed by atoms with Crippen LogP contribution in [0.25, 0.3) is 0 Å². The van der Waals surface area contributed by atoms with Gasteiger partial charge in [-0.1, -0.05) is 26.2 Å². The van der Waals surface area contributed by atoms with Crippen LogP contribution in [-0.4, -0.2) is 34.1 Å². The summed E-state index contributed by atoms with van der Waals surface area (Å²) in [6.45, 7) is 6.20. The SMILES string of the molecule is CCCc1c(NCC)ncnc1NCC1(SC)CCCC1. The fraction of sp³-hybridized carbons (Fsp3) is 0.750. The molecule has 1 heterocycles. The van der Waals surface area contributed by atoms with Crippen molar-refractivity contribution in [3.05, 3.63) is 11.9 Å². The number of nitrogens with zero attached hydrogens (tertiary/aromatic N) is 2. The van der Waals surface area contributed by atoms with Gasteiger partial charge in [-0.15, -0.1) is 0 Å². The highest BCUT2D eigenvalue weighted by atomic mass is 32.2. The van der Waals surface area contributed by atoms with Crippen molar-refractivity contribution >= 4 is 23.4 Å². The Bertz CT molecular complexity index is 444. The fourth-order valence-electron chi connectivity index (χ4n) is 3.09. The summed E-state index contributed by atoms with van der Waals surface area (Å²) < 4.78 is 0.396. The number of hydrogen-bond acceptors (Lipinski definition) is 5. The number of anilines is 2. The second kappa shape index (κ2) is 7.87. The highest BCUT2D eigenvalue weighted by molar-refractivity contribution is 8.00. The molecule has 0 saturated heterocycles. The summed E-state index contributed by atoms with van der Waals surface area (Å²) in [6, 6.07) is 0. The topological polar surface area (TPSA) is 49.8 Å². The van der Waals surface area contributed by atoms with Crippen molar-refractivity contribution in [2.75, 3.05) is 30.0 Å². The maximum absolute atomic E-state index is 4.50. The summed E-state index contributed by atoms with van der Waals surface area (Å²) in [5.41, 5.74) is 1.23. The fourth-order valence-corrected chi connectivity index (χ4v) is 4.00. The van der Waals surface area contributed by atoms with Gasteiger partial charge in [0.25, 0.3) is 0 Å². The van der Waals surface area contributed by atoms with Gasteiger partial charge in [0.2, 0.25) is 0 Å². The first-order valence-electron chi connectivity index (χ1n) is 8.11.